The molecular weight excluding hydrogens is 464 g/mol. The van der Waals surface area contributed by atoms with Crippen LogP contribution in [0.2, 0.25) is 5.02 Å². The van der Waals surface area contributed by atoms with Crippen molar-refractivity contribution in [3.05, 3.63) is 63.6 Å². The zero-order chi connectivity index (χ0) is 23.7. The Labute approximate surface area is 199 Å². The molecule has 2 heterocycles. The minimum atomic E-state index is -1.09. The van der Waals surface area contributed by atoms with Crippen molar-refractivity contribution in [3.8, 4) is 27.9 Å². The third-order valence-electron chi connectivity index (χ3n) is 5.01. The van der Waals surface area contributed by atoms with E-state index < -0.39 is 5.97 Å². The molecule has 0 bridgehead atoms. The van der Waals surface area contributed by atoms with Crippen molar-refractivity contribution >= 4 is 40.4 Å². The van der Waals surface area contributed by atoms with Gasteiger partial charge >= 0.3 is 5.97 Å². The predicted octanol–water partition coefficient (Wildman–Crippen LogP) is 5.73. The largest absolute Gasteiger partial charge is 0.497 e. The highest BCUT2D eigenvalue weighted by Gasteiger charge is 2.25. The number of carboxylic acids is 1. The van der Waals surface area contributed by atoms with E-state index in [0.717, 1.165) is 10.4 Å². The first-order chi connectivity index (χ1) is 15.8. The van der Waals surface area contributed by atoms with Gasteiger partial charge in [-0.05, 0) is 44.2 Å². The van der Waals surface area contributed by atoms with E-state index in [9.17, 15) is 9.90 Å². The number of carboxylic acid groups (broad SMARTS) is 1. The van der Waals surface area contributed by atoms with Crippen molar-refractivity contribution in [1.29, 1.82) is 0 Å². The van der Waals surface area contributed by atoms with E-state index in [0.29, 0.717) is 44.5 Å². The third-order valence-corrected chi connectivity index (χ3v) is 6.30. The molecule has 33 heavy (non-hydrogen) atoms. The quantitative estimate of drug-likeness (QED) is 0.346. The number of rotatable bonds is 7. The van der Waals surface area contributed by atoms with Crippen LogP contribution in [0.4, 0.5) is 11.5 Å². The van der Waals surface area contributed by atoms with Gasteiger partial charge in [0.25, 0.3) is 0 Å². The van der Waals surface area contributed by atoms with Gasteiger partial charge in [-0.15, -0.1) is 11.3 Å². The first kappa shape index (κ1) is 22.6. The number of ether oxygens (including phenoxy) is 2. The molecule has 0 aliphatic carbocycles. The van der Waals surface area contributed by atoms with E-state index in [1.54, 1.807) is 30.0 Å². The fourth-order valence-corrected chi connectivity index (χ4v) is 4.64. The van der Waals surface area contributed by atoms with Gasteiger partial charge in [0.05, 0.1) is 52.3 Å². The maximum Gasteiger partial charge on any atom is 0.337 e. The molecule has 2 N–H and O–H groups in total. The van der Waals surface area contributed by atoms with Crippen LogP contribution in [0, 0.1) is 13.8 Å². The first-order valence-corrected chi connectivity index (χ1v) is 11.1. The van der Waals surface area contributed by atoms with Gasteiger partial charge in [0.1, 0.15) is 16.6 Å². The van der Waals surface area contributed by atoms with Crippen LogP contribution in [0.3, 0.4) is 0 Å². The Morgan fingerprint density at radius 1 is 1.15 bits per heavy atom. The summed E-state index contributed by atoms with van der Waals surface area (Å²) in [5.74, 6) is 0.408. The van der Waals surface area contributed by atoms with Crippen LogP contribution in [0.5, 0.6) is 11.6 Å². The highest BCUT2D eigenvalue weighted by atomic mass is 35.5. The highest BCUT2D eigenvalue weighted by Crippen LogP contribution is 2.41. The fourth-order valence-electron chi connectivity index (χ4n) is 3.44. The van der Waals surface area contributed by atoms with Crippen LogP contribution in [-0.4, -0.2) is 40.1 Å². The summed E-state index contributed by atoms with van der Waals surface area (Å²) in [6, 6.07) is 12.1. The molecular formula is C23H21ClN4O4S. The van der Waals surface area contributed by atoms with E-state index >= 15 is 0 Å². The second kappa shape index (κ2) is 9.13. The van der Waals surface area contributed by atoms with Gasteiger partial charge in [-0.25, -0.2) is 14.5 Å². The van der Waals surface area contributed by atoms with Crippen LogP contribution >= 0.6 is 22.9 Å². The second-order valence-corrected chi connectivity index (χ2v) is 8.71. The van der Waals surface area contributed by atoms with Gasteiger partial charge in [-0.3, -0.25) is 0 Å². The van der Waals surface area contributed by atoms with Gasteiger partial charge in [0, 0.05) is 0 Å². The molecule has 2 aromatic carbocycles. The number of aryl methyl sites for hydroxylation is 2. The molecule has 0 saturated carbocycles. The summed E-state index contributed by atoms with van der Waals surface area (Å²) >= 11 is 7.94. The number of aromatic carboxylic acids is 1. The first-order valence-electron chi connectivity index (χ1n) is 9.88. The Hall–Kier alpha value is -3.56. The fraction of sp³-hybridized carbons (Fsp3) is 0.174. The number of para-hydroxylation sites is 1. The number of methoxy groups -OCH3 is 2. The molecule has 10 heteroatoms. The van der Waals surface area contributed by atoms with Crippen LogP contribution in [0.15, 0.2) is 42.5 Å². The lowest BCUT2D eigenvalue weighted by atomic mass is 10.1. The van der Waals surface area contributed by atoms with Crippen LogP contribution < -0.4 is 14.8 Å². The summed E-state index contributed by atoms with van der Waals surface area (Å²) in [5.41, 5.74) is 2.48. The Morgan fingerprint density at radius 2 is 1.91 bits per heavy atom. The SMILES string of the molecule is COc1ccc(Nc2c(-c3nc(OC)c(C)s3)c(C)nn2-c2ccccc2Cl)c(C(=O)O)c1. The zero-order valence-electron chi connectivity index (χ0n) is 18.3. The van der Waals surface area contributed by atoms with Crippen molar-refractivity contribution in [2.75, 3.05) is 19.5 Å². The number of benzene rings is 2. The molecule has 4 aromatic rings. The normalized spacial score (nSPS) is 10.8. The summed E-state index contributed by atoms with van der Waals surface area (Å²) in [4.78, 5) is 17.5. The molecule has 0 unspecified atom stereocenters. The summed E-state index contributed by atoms with van der Waals surface area (Å²) in [7, 11) is 3.06. The number of thiazole rings is 1. The molecule has 0 aliphatic rings. The third kappa shape index (κ3) is 4.24. The number of halogens is 1. The molecule has 0 spiro atoms. The molecule has 0 saturated heterocycles. The maximum atomic E-state index is 12.0. The lowest BCUT2D eigenvalue weighted by Crippen LogP contribution is -2.08. The van der Waals surface area contributed by atoms with E-state index in [2.05, 4.69) is 10.3 Å². The Morgan fingerprint density at radius 3 is 2.55 bits per heavy atom. The Balaban J connectivity index is 1.95. The lowest BCUT2D eigenvalue weighted by molar-refractivity contribution is 0.0697. The summed E-state index contributed by atoms with van der Waals surface area (Å²) in [6.07, 6.45) is 0. The van der Waals surface area contributed by atoms with E-state index in [1.165, 1.54) is 24.5 Å². The number of nitrogens with zero attached hydrogens (tertiary/aromatic N) is 3. The number of carbonyl (C=O) groups is 1. The van der Waals surface area contributed by atoms with Crippen LogP contribution in [0.25, 0.3) is 16.3 Å². The zero-order valence-corrected chi connectivity index (χ0v) is 19.9. The van der Waals surface area contributed by atoms with Crippen molar-refractivity contribution in [2.45, 2.75) is 13.8 Å². The number of anilines is 2. The molecule has 0 aliphatic heterocycles. The minimum absolute atomic E-state index is 0.0535. The predicted molar refractivity (Wildman–Crippen MR) is 129 cm³/mol. The number of hydrogen-bond donors (Lipinski definition) is 2. The van der Waals surface area contributed by atoms with E-state index in [1.807, 2.05) is 32.0 Å². The minimum Gasteiger partial charge on any atom is -0.497 e. The number of nitrogens with one attached hydrogen (secondary N) is 1. The Kier molecular flexibility index (Phi) is 6.26. The molecule has 4 rings (SSSR count). The average molecular weight is 485 g/mol. The average Bonchev–Trinajstić information content (AvgIpc) is 3.32. The smallest absolute Gasteiger partial charge is 0.337 e. The number of aromatic nitrogens is 3. The van der Waals surface area contributed by atoms with Crippen molar-refractivity contribution in [3.63, 3.8) is 0 Å². The van der Waals surface area contributed by atoms with Gasteiger partial charge in [-0.2, -0.15) is 5.10 Å². The van der Waals surface area contributed by atoms with E-state index in [4.69, 9.17) is 26.2 Å². The molecule has 0 fully saturated rings. The van der Waals surface area contributed by atoms with Crippen molar-refractivity contribution in [2.24, 2.45) is 0 Å². The Bertz CT molecular complexity index is 1350. The standard InChI is InChI=1S/C23H21ClN4O4S/c1-12-19(22-26-21(32-4)13(2)33-22)20(28(27-12)18-8-6-5-7-16(18)24)25-17-10-9-14(31-3)11-15(17)23(29)30/h5-11,25H,1-4H3,(H,29,30). The van der Waals surface area contributed by atoms with Crippen molar-refractivity contribution < 1.29 is 19.4 Å². The highest BCUT2D eigenvalue weighted by molar-refractivity contribution is 7.15. The van der Waals surface area contributed by atoms with Gasteiger partial charge in [-0.1, -0.05) is 23.7 Å². The molecule has 0 radical (unpaired) electrons. The molecule has 8 nitrogen and oxygen atoms in total. The lowest BCUT2D eigenvalue weighted by Gasteiger charge is -2.15. The summed E-state index contributed by atoms with van der Waals surface area (Å²) < 4.78 is 12.2. The van der Waals surface area contributed by atoms with E-state index in [-0.39, 0.29) is 5.56 Å². The van der Waals surface area contributed by atoms with Gasteiger partial charge in [0.2, 0.25) is 5.88 Å². The van der Waals surface area contributed by atoms with Gasteiger partial charge in [0.15, 0.2) is 0 Å². The van der Waals surface area contributed by atoms with Crippen LogP contribution in [0.1, 0.15) is 20.9 Å². The topological polar surface area (TPSA) is 98.5 Å². The molecule has 2 aromatic heterocycles. The molecule has 170 valence electrons. The molecule has 0 atom stereocenters. The second-order valence-electron chi connectivity index (χ2n) is 7.10. The summed E-state index contributed by atoms with van der Waals surface area (Å²) in [6.45, 7) is 3.79. The summed E-state index contributed by atoms with van der Waals surface area (Å²) in [5, 5.41) is 19.0. The monoisotopic (exact) mass is 484 g/mol. The van der Waals surface area contributed by atoms with Crippen LogP contribution in [-0.2, 0) is 0 Å². The van der Waals surface area contributed by atoms with Gasteiger partial charge < -0.3 is 19.9 Å². The number of hydrogen-bond acceptors (Lipinski definition) is 7. The van der Waals surface area contributed by atoms with Crippen molar-refractivity contribution in [1.82, 2.24) is 14.8 Å². The molecule has 0 amide bonds. The maximum absolute atomic E-state index is 12.0.